The van der Waals surface area contributed by atoms with E-state index in [1.54, 1.807) is 0 Å². The van der Waals surface area contributed by atoms with E-state index in [1.165, 1.54) is 32.7 Å². The fourth-order valence-corrected chi connectivity index (χ4v) is 7.03. The van der Waals surface area contributed by atoms with Crippen LogP contribution in [0.25, 0.3) is 94.7 Å². The lowest BCUT2D eigenvalue weighted by atomic mass is 10.0. The molecule has 0 saturated carbocycles. The molecule has 0 radical (unpaired) electrons. The van der Waals surface area contributed by atoms with Gasteiger partial charge in [0.05, 0.1) is 22.9 Å². The number of pyridine rings is 1. The van der Waals surface area contributed by atoms with Crippen LogP contribution < -0.4 is 0 Å². The zero-order valence-corrected chi connectivity index (χ0v) is 26.8. The third-order valence-corrected chi connectivity index (χ3v) is 9.45. The van der Waals surface area contributed by atoms with Crippen molar-refractivity contribution in [2.24, 2.45) is 0 Å². The van der Waals surface area contributed by atoms with E-state index in [4.69, 9.17) is 19.9 Å². The van der Waals surface area contributed by atoms with Crippen molar-refractivity contribution in [3.8, 4) is 51.1 Å². The number of rotatable bonds is 5. The molecule has 4 heterocycles. The molecule has 6 heteroatoms. The van der Waals surface area contributed by atoms with Crippen molar-refractivity contribution < 1.29 is 0 Å². The van der Waals surface area contributed by atoms with Crippen LogP contribution in [0.3, 0.4) is 0 Å². The van der Waals surface area contributed by atoms with Crippen molar-refractivity contribution in [1.29, 1.82) is 0 Å². The lowest BCUT2D eigenvalue weighted by Crippen LogP contribution is -2.02. The van der Waals surface area contributed by atoms with Crippen molar-refractivity contribution in [3.63, 3.8) is 0 Å². The van der Waals surface area contributed by atoms with E-state index in [-0.39, 0.29) is 0 Å². The second-order valence-corrected chi connectivity index (χ2v) is 12.5. The molecule has 0 fully saturated rings. The Morgan fingerprint density at radius 2 is 0.980 bits per heavy atom. The molecule has 0 unspecified atom stereocenters. The minimum atomic E-state index is 0.531. The Kier molecular flexibility index (Phi) is 6.39. The summed E-state index contributed by atoms with van der Waals surface area (Å²) in [6.07, 6.45) is 1.91. The van der Waals surface area contributed by atoms with Gasteiger partial charge in [0.25, 0.3) is 0 Å². The molecule has 4 aromatic heterocycles. The number of aromatic nitrogens is 6. The molecule has 6 aromatic carbocycles. The van der Waals surface area contributed by atoms with Gasteiger partial charge in [-0.05, 0) is 59.7 Å². The molecule has 1 N–H and O–H groups in total. The topological polar surface area (TPSA) is 72.3 Å². The molecule has 0 atom stereocenters. The summed E-state index contributed by atoms with van der Waals surface area (Å²) in [5.74, 6) is 1.76. The molecular weight excluding hydrogens is 613 g/mol. The van der Waals surface area contributed by atoms with Crippen LogP contribution in [0.15, 0.2) is 164 Å². The maximum Gasteiger partial charge on any atom is 0.182 e. The summed E-state index contributed by atoms with van der Waals surface area (Å²) in [6, 6.07) is 54.6. The van der Waals surface area contributed by atoms with E-state index in [0.717, 1.165) is 38.9 Å². The van der Waals surface area contributed by atoms with Gasteiger partial charge in [0.1, 0.15) is 5.69 Å². The van der Waals surface area contributed by atoms with Gasteiger partial charge in [0.2, 0.25) is 0 Å². The van der Waals surface area contributed by atoms with Crippen molar-refractivity contribution in [3.05, 3.63) is 164 Å². The number of nitrogens with one attached hydrogen (secondary N) is 1. The Hall–Kier alpha value is -6.92. The highest BCUT2D eigenvalue weighted by Crippen LogP contribution is 2.36. The molecule has 0 spiro atoms. The normalized spacial score (nSPS) is 11.6. The Bertz CT molecular complexity index is 2800. The molecule has 234 valence electrons. The van der Waals surface area contributed by atoms with Crippen molar-refractivity contribution in [2.45, 2.75) is 0 Å². The SMILES string of the molecule is c1ccc(-c2nc(-c3ccccc3)nc(-c3ccc(-n4c5ccccc5c5cc(-c6ccc7[nH]c8ccccc8c7c6)ccc54)cn3)n2)cc1. The summed E-state index contributed by atoms with van der Waals surface area (Å²) in [5, 5.41) is 4.86. The van der Waals surface area contributed by atoms with Crippen LogP contribution in [-0.2, 0) is 0 Å². The number of aromatic amines is 1. The Morgan fingerprint density at radius 3 is 1.70 bits per heavy atom. The first-order valence-corrected chi connectivity index (χ1v) is 16.6. The van der Waals surface area contributed by atoms with Crippen LogP contribution >= 0.6 is 0 Å². The smallest absolute Gasteiger partial charge is 0.182 e. The van der Waals surface area contributed by atoms with Crippen molar-refractivity contribution >= 4 is 43.6 Å². The van der Waals surface area contributed by atoms with Gasteiger partial charge in [-0.15, -0.1) is 0 Å². The van der Waals surface area contributed by atoms with E-state index < -0.39 is 0 Å². The number of benzene rings is 6. The maximum absolute atomic E-state index is 4.93. The Morgan fingerprint density at radius 1 is 0.400 bits per heavy atom. The van der Waals surface area contributed by atoms with Gasteiger partial charge in [0.15, 0.2) is 17.5 Å². The first-order chi connectivity index (χ1) is 24.8. The fourth-order valence-electron chi connectivity index (χ4n) is 7.03. The fraction of sp³-hybridized carbons (Fsp3) is 0. The average molecular weight is 641 g/mol. The second-order valence-electron chi connectivity index (χ2n) is 12.5. The number of hydrogen-bond donors (Lipinski definition) is 1. The van der Waals surface area contributed by atoms with E-state index >= 15 is 0 Å². The average Bonchev–Trinajstić information content (AvgIpc) is 3.73. The lowest BCUT2D eigenvalue weighted by Gasteiger charge is -2.10. The number of hydrogen-bond acceptors (Lipinski definition) is 4. The summed E-state index contributed by atoms with van der Waals surface area (Å²) < 4.78 is 2.28. The molecule has 0 aliphatic rings. The zero-order valence-electron chi connectivity index (χ0n) is 26.8. The molecule has 0 bridgehead atoms. The second kappa shape index (κ2) is 11.4. The van der Waals surface area contributed by atoms with Crippen LogP contribution in [0.1, 0.15) is 0 Å². The van der Waals surface area contributed by atoms with Crippen LogP contribution in [-0.4, -0.2) is 29.5 Å². The summed E-state index contributed by atoms with van der Waals surface area (Å²) in [7, 11) is 0. The maximum atomic E-state index is 4.93. The minimum absolute atomic E-state index is 0.531. The molecule has 6 nitrogen and oxygen atoms in total. The van der Waals surface area contributed by atoms with E-state index in [2.05, 4.69) is 101 Å². The minimum Gasteiger partial charge on any atom is -0.355 e. The molecule has 0 aliphatic heterocycles. The number of nitrogens with zero attached hydrogens (tertiary/aromatic N) is 5. The Balaban J connectivity index is 1.07. The number of fused-ring (bicyclic) bond motifs is 6. The number of para-hydroxylation sites is 2. The van der Waals surface area contributed by atoms with Crippen molar-refractivity contribution in [1.82, 2.24) is 29.5 Å². The Labute approximate surface area is 287 Å². The molecule has 0 saturated heterocycles. The highest BCUT2D eigenvalue weighted by molar-refractivity contribution is 6.11. The molecule has 50 heavy (non-hydrogen) atoms. The summed E-state index contributed by atoms with van der Waals surface area (Å²) in [6.45, 7) is 0. The highest BCUT2D eigenvalue weighted by atomic mass is 15.1. The lowest BCUT2D eigenvalue weighted by molar-refractivity contribution is 1.05. The third-order valence-electron chi connectivity index (χ3n) is 9.45. The molecule has 0 amide bonds. The summed E-state index contributed by atoms with van der Waals surface area (Å²) in [4.78, 5) is 23.0. The van der Waals surface area contributed by atoms with Gasteiger partial charge in [-0.1, -0.05) is 109 Å². The van der Waals surface area contributed by atoms with E-state index in [1.807, 2.05) is 72.9 Å². The largest absolute Gasteiger partial charge is 0.355 e. The van der Waals surface area contributed by atoms with E-state index in [0.29, 0.717) is 23.2 Å². The highest BCUT2D eigenvalue weighted by Gasteiger charge is 2.16. The van der Waals surface area contributed by atoms with Gasteiger partial charge < -0.3 is 9.55 Å². The van der Waals surface area contributed by atoms with Gasteiger partial charge in [-0.3, -0.25) is 4.98 Å². The predicted molar refractivity (Wildman–Crippen MR) is 203 cm³/mol. The summed E-state index contributed by atoms with van der Waals surface area (Å²) >= 11 is 0. The van der Waals surface area contributed by atoms with Crippen LogP contribution in [0.5, 0.6) is 0 Å². The van der Waals surface area contributed by atoms with Crippen LogP contribution in [0, 0.1) is 0 Å². The van der Waals surface area contributed by atoms with Gasteiger partial charge in [-0.2, -0.15) is 0 Å². The summed E-state index contributed by atoms with van der Waals surface area (Å²) in [5.41, 5.74) is 10.4. The molecular formula is C44H28N6. The van der Waals surface area contributed by atoms with Crippen LogP contribution in [0.4, 0.5) is 0 Å². The van der Waals surface area contributed by atoms with Gasteiger partial charge >= 0.3 is 0 Å². The standard InChI is InChI=1S/C44H28N6/c1-3-11-28(12-4-1)42-47-43(29-13-5-2-6-14-29)49-44(48-42)39-23-21-32(27-45-39)50-40-18-10-8-16-34(40)36-26-31(20-24-41(36)50)30-19-22-38-35(25-30)33-15-7-9-17-37(33)46-38/h1-27,46H. The van der Waals surface area contributed by atoms with Gasteiger partial charge in [-0.25, -0.2) is 15.0 Å². The number of H-pyrrole nitrogens is 1. The quantitative estimate of drug-likeness (QED) is 0.203. The third kappa shape index (κ3) is 4.65. The van der Waals surface area contributed by atoms with E-state index in [9.17, 15) is 0 Å². The molecule has 10 aromatic rings. The predicted octanol–water partition coefficient (Wildman–Crippen LogP) is 10.7. The molecule has 0 aliphatic carbocycles. The van der Waals surface area contributed by atoms with Gasteiger partial charge in [0, 0.05) is 43.7 Å². The zero-order chi connectivity index (χ0) is 33.0. The van der Waals surface area contributed by atoms with Crippen molar-refractivity contribution in [2.75, 3.05) is 0 Å². The first-order valence-electron chi connectivity index (χ1n) is 16.6. The monoisotopic (exact) mass is 640 g/mol. The van der Waals surface area contributed by atoms with Crippen LogP contribution in [0.2, 0.25) is 0 Å². The molecule has 10 rings (SSSR count). The first kappa shape index (κ1) is 28.1.